The third-order valence-corrected chi connectivity index (χ3v) is 7.53. The van der Waals surface area contributed by atoms with Gasteiger partial charge < -0.3 is 20.1 Å². The number of benzene rings is 2. The third kappa shape index (κ3) is 5.11. The van der Waals surface area contributed by atoms with Crippen LogP contribution in [0, 0.1) is 17.6 Å². The second-order valence-electron chi connectivity index (χ2n) is 9.65. The fourth-order valence-corrected chi connectivity index (χ4v) is 5.62. The zero-order valence-corrected chi connectivity index (χ0v) is 21.1. The Hall–Kier alpha value is -3.66. The minimum Gasteiger partial charge on any atom is -0.493 e. The minimum absolute atomic E-state index is 0.0501. The topological polar surface area (TPSA) is 80.7 Å². The molecule has 0 radical (unpaired) electrons. The van der Waals surface area contributed by atoms with Gasteiger partial charge in [0.25, 0.3) is 0 Å². The lowest BCUT2D eigenvalue weighted by molar-refractivity contribution is 0.0296. The van der Waals surface area contributed by atoms with Gasteiger partial charge in [-0.3, -0.25) is 9.58 Å². The van der Waals surface area contributed by atoms with Gasteiger partial charge in [0.05, 0.1) is 25.6 Å². The quantitative estimate of drug-likeness (QED) is 0.492. The van der Waals surface area contributed by atoms with E-state index in [9.17, 15) is 13.6 Å². The van der Waals surface area contributed by atoms with E-state index in [1.54, 1.807) is 14.2 Å². The smallest absolute Gasteiger partial charge is 0.319 e. The molecule has 3 saturated heterocycles. The van der Waals surface area contributed by atoms with Crippen molar-refractivity contribution in [2.24, 2.45) is 13.0 Å². The number of fused-ring (bicyclic) bond motifs is 3. The molecule has 0 spiro atoms. The maximum absolute atomic E-state index is 13.8. The largest absolute Gasteiger partial charge is 0.493 e. The molecule has 196 valence electrons. The van der Waals surface area contributed by atoms with Crippen LogP contribution in [0.4, 0.5) is 19.3 Å². The van der Waals surface area contributed by atoms with E-state index in [0.29, 0.717) is 29.9 Å². The number of rotatable bonds is 7. The summed E-state index contributed by atoms with van der Waals surface area (Å²) in [6.45, 7) is 2.32. The molecule has 3 fully saturated rings. The predicted octanol–water partition coefficient (Wildman–Crippen LogP) is 4.38. The number of ether oxygens (including phenoxy) is 2. The summed E-state index contributed by atoms with van der Waals surface area (Å²) in [5, 5.41) is 10.1. The molecule has 3 aliphatic heterocycles. The van der Waals surface area contributed by atoms with Crippen molar-refractivity contribution in [1.29, 1.82) is 0 Å². The number of piperidine rings is 3. The molecule has 3 aromatic rings. The number of nitrogens with zero attached hydrogens (tertiary/aromatic N) is 3. The molecule has 2 amide bonds. The van der Waals surface area contributed by atoms with Crippen molar-refractivity contribution in [1.82, 2.24) is 20.0 Å². The lowest BCUT2D eigenvalue weighted by Gasteiger charge is -2.49. The van der Waals surface area contributed by atoms with Gasteiger partial charge in [-0.1, -0.05) is 0 Å². The molecule has 2 bridgehead atoms. The van der Waals surface area contributed by atoms with Crippen LogP contribution in [0.15, 0.2) is 42.5 Å². The first-order valence-electron chi connectivity index (χ1n) is 12.4. The van der Waals surface area contributed by atoms with E-state index in [1.807, 2.05) is 29.9 Å². The summed E-state index contributed by atoms with van der Waals surface area (Å²) in [7, 11) is 5.22. The number of carbonyl (C=O) groups is 1. The van der Waals surface area contributed by atoms with E-state index in [0.717, 1.165) is 49.3 Å². The van der Waals surface area contributed by atoms with Crippen LogP contribution in [0.1, 0.15) is 24.5 Å². The van der Waals surface area contributed by atoms with E-state index in [1.165, 1.54) is 11.8 Å². The first kappa shape index (κ1) is 25.0. The number of urea groups is 1. The van der Waals surface area contributed by atoms with Gasteiger partial charge >= 0.3 is 6.03 Å². The number of aromatic nitrogens is 2. The molecule has 0 saturated carbocycles. The lowest BCUT2D eigenvalue weighted by atomic mass is 9.74. The van der Waals surface area contributed by atoms with Crippen LogP contribution in [0.3, 0.4) is 0 Å². The zero-order valence-electron chi connectivity index (χ0n) is 21.1. The maximum Gasteiger partial charge on any atom is 0.319 e. The highest BCUT2D eigenvalue weighted by Crippen LogP contribution is 2.42. The molecule has 10 heteroatoms. The molecular weight excluding hydrogens is 480 g/mol. The first-order chi connectivity index (χ1) is 17.9. The van der Waals surface area contributed by atoms with Gasteiger partial charge in [-0.25, -0.2) is 13.6 Å². The van der Waals surface area contributed by atoms with Crippen molar-refractivity contribution in [3.8, 4) is 22.8 Å². The second kappa shape index (κ2) is 10.4. The van der Waals surface area contributed by atoms with Crippen molar-refractivity contribution in [3.63, 3.8) is 0 Å². The third-order valence-electron chi connectivity index (χ3n) is 7.53. The number of carbonyl (C=O) groups excluding carboxylic acids is 1. The van der Waals surface area contributed by atoms with Gasteiger partial charge in [0, 0.05) is 49.4 Å². The van der Waals surface area contributed by atoms with Gasteiger partial charge in [0.15, 0.2) is 11.5 Å². The monoisotopic (exact) mass is 511 g/mol. The van der Waals surface area contributed by atoms with Crippen LogP contribution >= 0.6 is 0 Å². The van der Waals surface area contributed by atoms with E-state index in [-0.39, 0.29) is 11.7 Å². The average Bonchev–Trinajstić information content (AvgIpc) is 3.30. The molecule has 4 unspecified atom stereocenters. The van der Waals surface area contributed by atoms with Crippen LogP contribution in [-0.2, 0) is 7.05 Å². The van der Waals surface area contributed by atoms with Gasteiger partial charge in [-0.15, -0.1) is 0 Å². The second-order valence-corrected chi connectivity index (χ2v) is 9.65. The fraction of sp³-hybridized carbons (Fsp3) is 0.407. The summed E-state index contributed by atoms with van der Waals surface area (Å²) in [5.74, 6) is 0.671. The summed E-state index contributed by atoms with van der Waals surface area (Å²) in [4.78, 5) is 14.7. The molecule has 1 aromatic heterocycles. The van der Waals surface area contributed by atoms with Gasteiger partial charge in [0.2, 0.25) is 0 Å². The number of hydrogen-bond acceptors (Lipinski definition) is 5. The Balaban J connectivity index is 1.23. The van der Waals surface area contributed by atoms with Crippen LogP contribution in [0.2, 0.25) is 0 Å². The standard InChI is InChI=1S/C27H31F2N5O3/c1-33-24(13-23(32-33)17-4-7-25(36-2)26(11-17)37-3)20-15-34-9-8-16(20)10-19(34)14-30-27(35)31-22-6-5-18(28)12-21(22)29/h4-7,11-13,16,19-20H,8-10,14-15H2,1-3H3,(H2,30,31,35). The zero-order chi connectivity index (χ0) is 26.1. The van der Waals surface area contributed by atoms with E-state index < -0.39 is 17.7 Å². The van der Waals surface area contributed by atoms with E-state index >= 15 is 0 Å². The Morgan fingerprint density at radius 1 is 1.11 bits per heavy atom. The highest BCUT2D eigenvalue weighted by molar-refractivity contribution is 5.89. The van der Waals surface area contributed by atoms with E-state index in [4.69, 9.17) is 14.6 Å². The van der Waals surface area contributed by atoms with Crippen molar-refractivity contribution >= 4 is 11.7 Å². The summed E-state index contributed by atoms with van der Waals surface area (Å²) in [5.41, 5.74) is 2.99. The number of amides is 2. The molecule has 4 atom stereocenters. The lowest BCUT2D eigenvalue weighted by Crippen LogP contribution is -2.56. The maximum atomic E-state index is 13.8. The molecule has 4 heterocycles. The number of methoxy groups -OCH3 is 2. The highest BCUT2D eigenvalue weighted by atomic mass is 19.1. The summed E-state index contributed by atoms with van der Waals surface area (Å²) >= 11 is 0. The number of aryl methyl sites for hydroxylation is 1. The van der Waals surface area contributed by atoms with Crippen LogP contribution in [0.5, 0.6) is 11.5 Å². The van der Waals surface area contributed by atoms with E-state index in [2.05, 4.69) is 21.6 Å². The van der Waals surface area contributed by atoms with Crippen molar-refractivity contribution in [3.05, 3.63) is 59.8 Å². The van der Waals surface area contributed by atoms with Gasteiger partial charge in [-0.2, -0.15) is 5.10 Å². The molecule has 6 rings (SSSR count). The number of anilines is 1. The molecule has 0 aliphatic carbocycles. The number of hydrogen-bond donors (Lipinski definition) is 2. The molecular formula is C27H31F2N5O3. The fourth-order valence-electron chi connectivity index (χ4n) is 5.62. The Morgan fingerprint density at radius 2 is 1.92 bits per heavy atom. The van der Waals surface area contributed by atoms with Crippen molar-refractivity contribution < 1.29 is 23.0 Å². The predicted molar refractivity (Wildman–Crippen MR) is 136 cm³/mol. The SMILES string of the molecule is COc1ccc(-c2cc(C3CN4CCC3CC4CNC(=O)Nc3ccc(F)cc3F)n(C)n2)cc1OC. The van der Waals surface area contributed by atoms with Crippen LogP contribution in [-0.4, -0.2) is 60.6 Å². The van der Waals surface area contributed by atoms with Crippen LogP contribution in [0.25, 0.3) is 11.3 Å². The minimum atomic E-state index is -0.804. The van der Waals surface area contributed by atoms with Gasteiger partial charge in [-0.05, 0) is 61.7 Å². The molecule has 37 heavy (non-hydrogen) atoms. The molecule has 8 nitrogen and oxygen atoms in total. The van der Waals surface area contributed by atoms with Crippen LogP contribution < -0.4 is 20.1 Å². The Bertz CT molecular complexity index is 1300. The van der Waals surface area contributed by atoms with Gasteiger partial charge in [0.1, 0.15) is 11.6 Å². The summed E-state index contributed by atoms with van der Waals surface area (Å²) in [6, 6.07) is 10.7. The molecule has 2 aromatic carbocycles. The Morgan fingerprint density at radius 3 is 2.62 bits per heavy atom. The average molecular weight is 512 g/mol. The number of nitrogens with one attached hydrogen (secondary N) is 2. The summed E-state index contributed by atoms with van der Waals surface area (Å²) in [6.07, 6.45) is 2.04. The number of halogens is 2. The normalized spacial score (nSPS) is 22.5. The molecule has 2 N–H and O–H groups in total. The van der Waals surface area contributed by atoms with Crippen molar-refractivity contribution in [2.75, 3.05) is 39.2 Å². The first-order valence-corrected chi connectivity index (χ1v) is 12.4. The highest BCUT2D eigenvalue weighted by Gasteiger charge is 2.41. The Labute approximate surface area is 214 Å². The van der Waals surface area contributed by atoms with Crippen molar-refractivity contribution in [2.45, 2.75) is 24.8 Å². The summed E-state index contributed by atoms with van der Waals surface area (Å²) < 4.78 is 39.7. The Kier molecular flexibility index (Phi) is 7.01. The molecule has 3 aliphatic rings.